The second-order valence-corrected chi connectivity index (χ2v) is 11.0. The summed E-state index contributed by atoms with van der Waals surface area (Å²) >= 11 is 0. The van der Waals surface area contributed by atoms with Gasteiger partial charge in [-0.05, 0) is 54.4 Å². The van der Waals surface area contributed by atoms with E-state index in [9.17, 15) is 13.0 Å². The number of aromatic hydroxyl groups is 1. The van der Waals surface area contributed by atoms with Crippen LogP contribution in [0.3, 0.4) is 0 Å². The van der Waals surface area contributed by atoms with E-state index in [1.807, 2.05) is 21.6 Å². The summed E-state index contributed by atoms with van der Waals surface area (Å²) in [5, 5.41) is 9.03. The monoisotopic (exact) mass is 507 g/mol. The molecule has 0 bridgehead atoms. The highest BCUT2D eigenvalue weighted by Gasteiger charge is 2.36. The number of benzene rings is 1. The summed E-state index contributed by atoms with van der Waals surface area (Å²) in [5.41, 5.74) is 1.71. The van der Waals surface area contributed by atoms with Gasteiger partial charge in [-0.2, -0.15) is 0 Å². The number of piperazine rings is 1. The van der Waals surface area contributed by atoms with Gasteiger partial charge in [0.2, 0.25) is 5.95 Å². The summed E-state index contributed by atoms with van der Waals surface area (Å²) in [6.45, 7) is 7.65. The van der Waals surface area contributed by atoms with Gasteiger partial charge in [0.15, 0.2) is 17.4 Å². The third-order valence-electron chi connectivity index (χ3n) is 7.29. The highest BCUT2D eigenvalue weighted by atomic mass is 32.2. The Hall–Kier alpha value is -2.17. The molecule has 1 N–H and O–H groups in total. The molecule has 3 atom stereocenters. The average molecular weight is 508 g/mol. The van der Waals surface area contributed by atoms with Crippen molar-refractivity contribution in [2.24, 2.45) is 11.8 Å². The Morgan fingerprint density at radius 2 is 1.57 bits per heavy atom. The van der Waals surface area contributed by atoms with Crippen LogP contribution >= 0.6 is 0 Å². The molecule has 7 nitrogen and oxygen atoms in total. The van der Waals surface area contributed by atoms with Crippen molar-refractivity contribution < 1.29 is 18.1 Å². The topological polar surface area (TPSA) is 72.8 Å². The molecule has 35 heavy (non-hydrogen) atoms. The van der Waals surface area contributed by atoms with E-state index in [-0.39, 0.29) is 0 Å². The number of aromatic nitrogens is 2. The van der Waals surface area contributed by atoms with Crippen molar-refractivity contribution in [2.45, 2.75) is 39.2 Å². The van der Waals surface area contributed by atoms with Gasteiger partial charge in [-0.3, -0.25) is 4.90 Å². The van der Waals surface area contributed by atoms with Crippen LogP contribution in [-0.2, 0) is 24.0 Å². The minimum absolute atomic E-state index is 0.415. The highest BCUT2D eigenvalue weighted by Crippen LogP contribution is 2.38. The third-order valence-corrected chi connectivity index (χ3v) is 8.38. The first-order chi connectivity index (χ1) is 16.8. The Morgan fingerprint density at radius 3 is 2.09 bits per heavy atom. The van der Waals surface area contributed by atoms with Gasteiger partial charge in [0, 0.05) is 64.5 Å². The Kier molecular flexibility index (Phi) is 8.67. The van der Waals surface area contributed by atoms with Gasteiger partial charge in [0.1, 0.15) is 0 Å². The molecule has 0 amide bonds. The summed E-state index contributed by atoms with van der Waals surface area (Å²) in [6, 6.07) is 2.28. The lowest BCUT2D eigenvalue weighted by Gasteiger charge is -2.33. The van der Waals surface area contributed by atoms with Gasteiger partial charge in [-0.25, -0.2) is 27.3 Å². The fourth-order valence-corrected chi connectivity index (χ4v) is 5.88. The minimum Gasteiger partial charge on any atom is -0.503 e. The van der Waals surface area contributed by atoms with Crippen LogP contribution in [0.4, 0.5) is 14.7 Å². The molecule has 192 valence electrons. The van der Waals surface area contributed by atoms with Crippen LogP contribution in [0.2, 0.25) is 0 Å². The molecular formula is C25H35F2N5O2S. The maximum absolute atomic E-state index is 13.2. The zero-order chi connectivity index (χ0) is 24.9. The minimum atomic E-state index is -0.970. The maximum Gasteiger partial charge on any atom is 0.225 e. The summed E-state index contributed by atoms with van der Waals surface area (Å²) in [5.74, 6) is -0.0583. The number of fused-ring (bicyclic) bond motifs is 1. The van der Waals surface area contributed by atoms with Crippen molar-refractivity contribution in [2.75, 3.05) is 50.4 Å². The Morgan fingerprint density at radius 1 is 1.00 bits per heavy atom. The predicted molar refractivity (Wildman–Crippen MR) is 133 cm³/mol. The Balaban J connectivity index is 0.000000167. The predicted octanol–water partition coefficient (Wildman–Crippen LogP) is 3.36. The molecule has 3 fully saturated rings. The molecule has 1 saturated carbocycles. The van der Waals surface area contributed by atoms with Crippen LogP contribution in [0.25, 0.3) is 0 Å². The number of phenols is 1. The summed E-state index contributed by atoms with van der Waals surface area (Å²) in [4.78, 5) is 13.4. The average Bonchev–Trinajstić information content (AvgIpc) is 3.46. The van der Waals surface area contributed by atoms with E-state index < -0.39 is 28.4 Å². The van der Waals surface area contributed by atoms with Crippen LogP contribution in [0.15, 0.2) is 24.5 Å². The molecule has 0 spiro atoms. The number of halogens is 2. The van der Waals surface area contributed by atoms with E-state index in [1.165, 1.54) is 37.9 Å². The highest BCUT2D eigenvalue weighted by molar-refractivity contribution is 7.81. The Labute approximate surface area is 208 Å². The van der Waals surface area contributed by atoms with Gasteiger partial charge >= 0.3 is 0 Å². The van der Waals surface area contributed by atoms with Crippen molar-refractivity contribution in [1.82, 2.24) is 19.2 Å². The van der Waals surface area contributed by atoms with Crippen LogP contribution in [-0.4, -0.2) is 74.0 Å². The summed E-state index contributed by atoms with van der Waals surface area (Å²) in [7, 11) is -0.970. The van der Waals surface area contributed by atoms with Gasteiger partial charge in [-0.15, -0.1) is 0 Å². The lowest BCUT2D eigenvalue weighted by molar-refractivity contribution is 0.185. The number of anilines is 1. The first kappa shape index (κ1) is 25.9. The standard InChI is InChI=1S/C13H19N3.C12H16F2N2O2S/c1-2-10-6-14-13(15-7-10)16-8-11-4-3-5-12(11)9-16;1-19(18)16-4-2-15(3-5-16)8-9-6-10(13)12(17)11(14)7-9/h6-7,11-12H,2-5,8-9H2,1H3;6-7,17H,2-5,8H2,1H3. The van der Waals surface area contributed by atoms with Crippen LogP contribution < -0.4 is 4.90 Å². The molecule has 0 radical (unpaired) electrons. The molecule has 5 rings (SSSR count). The van der Waals surface area contributed by atoms with E-state index in [1.54, 1.807) is 6.26 Å². The van der Waals surface area contributed by atoms with Gasteiger partial charge in [0.05, 0.1) is 11.0 Å². The quantitative estimate of drug-likeness (QED) is 0.669. The van der Waals surface area contributed by atoms with Crippen LogP contribution in [0, 0.1) is 23.5 Å². The van der Waals surface area contributed by atoms with Crippen molar-refractivity contribution >= 4 is 16.9 Å². The number of phenolic OH excluding ortho intramolecular Hbond substituents is 1. The maximum atomic E-state index is 13.2. The van der Waals surface area contributed by atoms with E-state index in [4.69, 9.17) is 5.11 Å². The van der Waals surface area contributed by atoms with E-state index in [2.05, 4.69) is 21.8 Å². The zero-order valence-electron chi connectivity index (χ0n) is 20.5. The molecule has 2 saturated heterocycles. The number of nitrogens with zero attached hydrogens (tertiary/aromatic N) is 5. The van der Waals surface area contributed by atoms with E-state index in [0.717, 1.165) is 36.3 Å². The van der Waals surface area contributed by atoms with Gasteiger partial charge in [-0.1, -0.05) is 13.3 Å². The zero-order valence-corrected chi connectivity index (χ0v) is 21.3. The Bertz CT molecular complexity index is 982. The van der Waals surface area contributed by atoms with Crippen molar-refractivity contribution in [3.63, 3.8) is 0 Å². The largest absolute Gasteiger partial charge is 0.503 e. The molecule has 1 aliphatic carbocycles. The molecule has 10 heteroatoms. The second kappa shape index (κ2) is 11.7. The third kappa shape index (κ3) is 6.54. The van der Waals surface area contributed by atoms with Crippen LogP contribution in [0.1, 0.15) is 37.3 Å². The van der Waals surface area contributed by atoms with Crippen LogP contribution in [0.5, 0.6) is 5.75 Å². The second-order valence-electron chi connectivity index (χ2n) is 9.64. The van der Waals surface area contributed by atoms with E-state index >= 15 is 0 Å². The smallest absolute Gasteiger partial charge is 0.225 e. The first-order valence-electron chi connectivity index (χ1n) is 12.4. The molecule has 2 aliphatic heterocycles. The number of rotatable bonds is 5. The normalized spacial score (nSPS) is 23.6. The van der Waals surface area contributed by atoms with Crippen molar-refractivity contribution in [1.29, 1.82) is 0 Å². The van der Waals surface area contributed by atoms with Crippen molar-refractivity contribution in [3.8, 4) is 5.75 Å². The SMILES string of the molecule is CCc1cnc(N2CC3CCCC3C2)nc1.CS(=O)N1CCN(Cc2cc(F)c(O)c(F)c2)CC1. The summed E-state index contributed by atoms with van der Waals surface area (Å²) in [6.07, 6.45) is 10.8. The van der Waals surface area contributed by atoms with Gasteiger partial charge in [0.25, 0.3) is 0 Å². The van der Waals surface area contributed by atoms with E-state index in [0.29, 0.717) is 38.3 Å². The lowest BCUT2D eigenvalue weighted by atomic mass is 10.0. The number of aryl methyl sites for hydroxylation is 1. The molecule has 3 aliphatic rings. The van der Waals surface area contributed by atoms with Gasteiger partial charge < -0.3 is 10.0 Å². The lowest BCUT2D eigenvalue weighted by Crippen LogP contribution is -2.46. The molecule has 1 aromatic heterocycles. The first-order valence-corrected chi connectivity index (χ1v) is 13.9. The molecule has 3 unspecified atom stereocenters. The molecule has 1 aromatic carbocycles. The molecule has 2 aromatic rings. The van der Waals surface area contributed by atoms with Crippen molar-refractivity contribution in [3.05, 3.63) is 47.3 Å². The number of hydrogen-bond donors (Lipinski definition) is 1. The fraction of sp³-hybridized carbons (Fsp3) is 0.600. The summed E-state index contributed by atoms with van der Waals surface area (Å²) < 4.78 is 39.5. The fourth-order valence-electron chi connectivity index (χ4n) is 5.20. The molecule has 3 heterocycles. The number of hydrogen-bond acceptors (Lipinski definition) is 6. The molecular weight excluding hydrogens is 472 g/mol.